The van der Waals surface area contributed by atoms with E-state index in [9.17, 15) is 14.4 Å². The standard InChI is InChI=1S/C13H11N3O3/c1-3-11(18)16(8-9-17)12-10(6-5-7-15-12)13(19)14-4-2/h2-3,5-7,9H,1,8H2,(H,14,19). The Morgan fingerprint density at radius 3 is 2.89 bits per heavy atom. The van der Waals surface area contributed by atoms with Gasteiger partial charge in [0.15, 0.2) is 0 Å². The van der Waals surface area contributed by atoms with E-state index in [2.05, 4.69) is 16.9 Å². The molecule has 6 heteroatoms. The van der Waals surface area contributed by atoms with Gasteiger partial charge in [0.05, 0.1) is 12.1 Å². The van der Waals surface area contributed by atoms with E-state index in [0.717, 1.165) is 11.0 Å². The molecule has 0 spiro atoms. The molecule has 0 saturated heterocycles. The van der Waals surface area contributed by atoms with Crippen molar-refractivity contribution in [2.45, 2.75) is 0 Å². The van der Waals surface area contributed by atoms with Crippen molar-refractivity contribution in [3.63, 3.8) is 0 Å². The van der Waals surface area contributed by atoms with Crippen LogP contribution in [0, 0.1) is 12.5 Å². The summed E-state index contributed by atoms with van der Waals surface area (Å²) in [4.78, 5) is 39.0. The Bertz CT molecular complexity index is 560. The van der Waals surface area contributed by atoms with E-state index < -0.39 is 11.8 Å². The van der Waals surface area contributed by atoms with E-state index in [4.69, 9.17) is 6.42 Å². The van der Waals surface area contributed by atoms with Crippen LogP contribution in [0.3, 0.4) is 0 Å². The second kappa shape index (κ2) is 6.71. The Morgan fingerprint density at radius 1 is 1.58 bits per heavy atom. The third-order valence-electron chi connectivity index (χ3n) is 2.17. The topological polar surface area (TPSA) is 79.4 Å². The third-order valence-corrected chi connectivity index (χ3v) is 2.17. The summed E-state index contributed by atoms with van der Waals surface area (Å²) < 4.78 is 0. The molecule has 0 fully saturated rings. The number of pyridine rings is 1. The fraction of sp³-hybridized carbons (Fsp3) is 0.0769. The molecule has 6 nitrogen and oxygen atoms in total. The summed E-state index contributed by atoms with van der Waals surface area (Å²) in [5.41, 5.74) is 0.0949. The minimum atomic E-state index is -0.585. The summed E-state index contributed by atoms with van der Waals surface area (Å²) >= 11 is 0. The fourth-order valence-corrected chi connectivity index (χ4v) is 1.39. The lowest BCUT2D eigenvalue weighted by Crippen LogP contribution is -2.34. The van der Waals surface area contributed by atoms with Gasteiger partial charge in [0.2, 0.25) is 0 Å². The van der Waals surface area contributed by atoms with Crippen LogP contribution in [-0.4, -0.2) is 29.6 Å². The number of nitrogens with zero attached hydrogens (tertiary/aromatic N) is 2. The second-order valence-corrected chi connectivity index (χ2v) is 3.29. The van der Waals surface area contributed by atoms with E-state index in [1.807, 2.05) is 6.04 Å². The van der Waals surface area contributed by atoms with E-state index in [1.165, 1.54) is 18.3 Å². The summed E-state index contributed by atoms with van der Waals surface area (Å²) in [6.07, 6.45) is 7.94. The van der Waals surface area contributed by atoms with E-state index in [1.54, 1.807) is 0 Å². The van der Waals surface area contributed by atoms with Crippen LogP contribution in [0.15, 0.2) is 31.0 Å². The highest BCUT2D eigenvalue weighted by atomic mass is 16.2. The molecule has 96 valence electrons. The predicted octanol–water partition coefficient (Wildman–Crippen LogP) is 0.120. The molecule has 1 aromatic rings. The first-order chi connectivity index (χ1) is 9.15. The first-order valence-electron chi connectivity index (χ1n) is 5.24. The van der Waals surface area contributed by atoms with Crippen LogP contribution in [0.4, 0.5) is 5.82 Å². The molecule has 1 rings (SSSR count). The number of anilines is 1. The van der Waals surface area contributed by atoms with Crippen molar-refractivity contribution in [3.8, 4) is 12.5 Å². The maximum absolute atomic E-state index is 11.7. The highest BCUT2D eigenvalue weighted by molar-refractivity contribution is 6.08. The molecule has 0 aliphatic heterocycles. The molecular formula is C13H11N3O3. The summed E-state index contributed by atoms with van der Waals surface area (Å²) in [7, 11) is 0. The Balaban J connectivity index is 3.27. The lowest BCUT2D eigenvalue weighted by atomic mass is 10.2. The van der Waals surface area contributed by atoms with Gasteiger partial charge in [-0.2, -0.15) is 0 Å². The smallest absolute Gasteiger partial charge is 0.266 e. The number of terminal acetylenes is 1. The molecule has 0 radical (unpaired) electrons. The lowest BCUT2D eigenvalue weighted by molar-refractivity contribution is -0.116. The van der Waals surface area contributed by atoms with E-state index >= 15 is 0 Å². The van der Waals surface area contributed by atoms with Gasteiger partial charge >= 0.3 is 0 Å². The quantitative estimate of drug-likeness (QED) is 0.352. The Labute approximate surface area is 110 Å². The number of aromatic nitrogens is 1. The lowest BCUT2D eigenvalue weighted by Gasteiger charge is -2.19. The summed E-state index contributed by atoms with van der Waals surface area (Å²) in [6, 6.07) is 4.95. The molecule has 0 unspecified atom stereocenters. The number of amides is 2. The molecule has 0 bridgehead atoms. The molecule has 0 aliphatic rings. The SMILES string of the molecule is C#CNC(=O)c1cccnc1N(CC=O)C(=O)C=C. The van der Waals surface area contributed by atoms with Gasteiger partial charge in [-0.05, 0) is 18.2 Å². The van der Waals surface area contributed by atoms with Gasteiger partial charge in [-0.1, -0.05) is 13.0 Å². The number of rotatable bonds is 5. The van der Waals surface area contributed by atoms with E-state index in [0.29, 0.717) is 6.29 Å². The fourth-order valence-electron chi connectivity index (χ4n) is 1.39. The molecule has 1 N–H and O–H groups in total. The average molecular weight is 257 g/mol. The van der Waals surface area contributed by atoms with Crippen molar-refractivity contribution in [1.82, 2.24) is 10.3 Å². The maximum atomic E-state index is 11.7. The summed E-state index contributed by atoms with van der Waals surface area (Å²) in [5, 5.41) is 2.15. The zero-order chi connectivity index (χ0) is 14.3. The average Bonchev–Trinajstić information content (AvgIpc) is 2.44. The van der Waals surface area contributed by atoms with Gasteiger partial charge in [0.25, 0.3) is 11.8 Å². The van der Waals surface area contributed by atoms with Gasteiger partial charge in [-0.3, -0.25) is 19.8 Å². The molecular weight excluding hydrogens is 246 g/mol. The molecule has 0 aliphatic carbocycles. The monoisotopic (exact) mass is 257 g/mol. The van der Waals surface area contributed by atoms with Crippen molar-refractivity contribution in [2.75, 3.05) is 11.4 Å². The normalized spacial score (nSPS) is 9.00. The van der Waals surface area contributed by atoms with Gasteiger partial charge < -0.3 is 4.79 Å². The van der Waals surface area contributed by atoms with Crippen molar-refractivity contribution >= 4 is 23.9 Å². The number of carbonyl (C=O) groups excluding carboxylic acids is 3. The van der Waals surface area contributed by atoms with Gasteiger partial charge in [0, 0.05) is 12.2 Å². The van der Waals surface area contributed by atoms with Crippen molar-refractivity contribution in [2.24, 2.45) is 0 Å². The Kier molecular flexibility index (Phi) is 4.99. The zero-order valence-corrected chi connectivity index (χ0v) is 10.00. The summed E-state index contributed by atoms with van der Waals surface area (Å²) in [5.74, 6) is -1.08. The molecule has 1 heterocycles. The molecule has 0 saturated carbocycles. The van der Waals surface area contributed by atoms with Crippen LogP contribution in [0.2, 0.25) is 0 Å². The van der Waals surface area contributed by atoms with Crippen LogP contribution in [-0.2, 0) is 9.59 Å². The Morgan fingerprint density at radius 2 is 2.32 bits per heavy atom. The predicted molar refractivity (Wildman–Crippen MR) is 69.2 cm³/mol. The highest BCUT2D eigenvalue weighted by Gasteiger charge is 2.20. The van der Waals surface area contributed by atoms with Crippen molar-refractivity contribution in [1.29, 1.82) is 0 Å². The summed E-state index contributed by atoms with van der Waals surface area (Å²) in [6.45, 7) is 3.09. The number of hydrogen-bond donors (Lipinski definition) is 1. The van der Waals surface area contributed by atoms with Crippen molar-refractivity contribution < 1.29 is 14.4 Å². The largest absolute Gasteiger partial charge is 0.301 e. The van der Waals surface area contributed by atoms with Crippen LogP contribution in [0.25, 0.3) is 0 Å². The minimum absolute atomic E-state index is 0.0484. The second-order valence-electron chi connectivity index (χ2n) is 3.29. The number of nitrogens with one attached hydrogen (secondary N) is 1. The van der Waals surface area contributed by atoms with Crippen molar-refractivity contribution in [3.05, 3.63) is 36.5 Å². The van der Waals surface area contributed by atoms with Crippen LogP contribution in [0.5, 0.6) is 0 Å². The first kappa shape index (κ1) is 14.1. The first-order valence-corrected chi connectivity index (χ1v) is 5.24. The van der Waals surface area contributed by atoms with Crippen LogP contribution in [0.1, 0.15) is 10.4 Å². The van der Waals surface area contributed by atoms with Crippen LogP contribution < -0.4 is 10.2 Å². The van der Waals surface area contributed by atoms with Crippen LogP contribution >= 0.6 is 0 Å². The molecule has 0 aromatic carbocycles. The molecule has 2 amide bonds. The number of hydrogen-bond acceptors (Lipinski definition) is 4. The third kappa shape index (κ3) is 3.26. The number of carbonyl (C=O) groups is 3. The van der Waals surface area contributed by atoms with Gasteiger partial charge in [0.1, 0.15) is 12.1 Å². The van der Waals surface area contributed by atoms with Gasteiger partial charge in [-0.15, -0.1) is 0 Å². The number of aldehydes is 1. The molecule has 0 atom stereocenters. The Hall–Kier alpha value is -2.94. The molecule has 1 aromatic heterocycles. The van der Waals surface area contributed by atoms with Gasteiger partial charge in [-0.25, -0.2) is 4.98 Å². The maximum Gasteiger partial charge on any atom is 0.266 e. The highest BCUT2D eigenvalue weighted by Crippen LogP contribution is 2.17. The zero-order valence-electron chi connectivity index (χ0n) is 10.00. The molecule has 19 heavy (non-hydrogen) atoms. The minimum Gasteiger partial charge on any atom is -0.301 e. The van der Waals surface area contributed by atoms with E-state index in [-0.39, 0.29) is 17.9 Å².